The highest BCUT2D eigenvalue weighted by molar-refractivity contribution is 6.30. The topological polar surface area (TPSA) is 78.2 Å². The number of halogens is 7. The van der Waals surface area contributed by atoms with E-state index in [2.05, 4.69) is 15.2 Å². The molecule has 222 valence electrons. The van der Waals surface area contributed by atoms with Crippen LogP contribution in [0.2, 0.25) is 5.02 Å². The molecular formula is C28H23ClF6N4O3. The van der Waals surface area contributed by atoms with Crippen LogP contribution in [-0.2, 0) is 29.6 Å². The third kappa shape index (κ3) is 7.32. The number of amides is 1. The van der Waals surface area contributed by atoms with Gasteiger partial charge in [0.15, 0.2) is 5.82 Å². The summed E-state index contributed by atoms with van der Waals surface area (Å²) in [5.41, 5.74) is -2.41. The van der Waals surface area contributed by atoms with Gasteiger partial charge in [-0.05, 0) is 61.9 Å². The molecule has 0 aliphatic heterocycles. The van der Waals surface area contributed by atoms with Gasteiger partial charge in [-0.2, -0.15) is 13.2 Å². The molecule has 1 amide bonds. The van der Waals surface area contributed by atoms with Crippen molar-refractivity contribution in [3.63, 3.8) is 0 Å². The molecule has 0 fully saturated rings. The van der Waals surface area contributed by atoms with Crippen LogP contribution in [0.25, 0.3) is 11.4 Å². The molecule has 0 saturated heterocycles. The predicted molar refractivity (Wildman–Crippen MR) is 142 cm³/mol. The molecule has 0 saturated carbocycles. The summed E-state index contributed by atoms with van der Waals surface area (Å²) in [6.45, 7) is 1.98. The molecule has 1 heterocycles. The van der Waals surface area contributed by atoms with E-state index in [0.29, 0.717) is 10.6 Å². The molecule has 0 aliphatic carbocycles. The maximum absolute atomic E-state index is 13.4. The Bertz CT molecular complexity index is 1640. The van der Waals surface area contributed by atoms with Crippen LogP contribution in [0.5, 0.6) is 5.75 Å². The zero-order valence-electron chi connectivity index (χ0n) is 22.1. The summed E-state index contributed by atoms with van der Waals surface area (Å²) in [6.07, 6.45) is -9.56. The second-order valence-electron chi connectivity index (χ2n) is 9.76. The van der Waals surface area contributed by atoms with Gasteiger partial charge in [0.05, 0.1) is 17.6 Å². The van der Waals surface area contributed by atoms with E-state index in [-0.39, 0.29) is 23.5 Å². The Balaban J connectivity index is 1.67. The summed E-state index contributed by atoms with van der Waals surface area (Å²) in [6, 6.07) is 15.9. The molecule has 0 spiro atoms. The SMILES string of the molecule is CC(C)(NC(=O)Cn1nc(-c2ccc(Cl)cc2)n(Cc2ccccc2OC(F)(F)F)c1=O)c1cccc(C(F)(F)F)c1. The predicted octanol–water partition coefficient (Wildman–Crippen LogP) is 6.38. The van der Waals surface area contributed by atoms with Crippen LogP contribution in [-0.4, -0.2) is 26.6 Å². The van der Waals surface area contributed by atoms with Gasteiger partial charge in [0.1, 0.15) is 12.3 Å². The van der Waals surface area contributed by atoms with E-state index >= 15 is 0 Å². The van der Waals surface area contributed by atoms with Crippen LogP contribution in [0.1, 0.15) is 30.5 Å². The molecule has 0 radical (unpaired) electrons. The van der Waals surface area contributed by atoms with Crippen molar-refractivity contribution in [1.29, 1.82) is 0 Å². The maximum atomic E-state index is 13.4. The lowest BCUT2D eigenvalue weighted by molar-refractivity contribution is -0.274. The van der Waals surface area contributed by atoms with Crippen molar-refractivity contribution < 1.29 is 35.9 Å². The second-order valence-corrected chi connectivity index (χ2v) is 10.2. The van der Waals surface area contributed by atoms with Crippen molar-refractivity contribution in [2.45, 2.75) is 45.0 Å². The monoisotopic (exact) mass is 612 g/mol. The highest BCUT2D eigenvalue weighted by Gasteiger charge is 2.34. The van der Waals surface area contributed by atoms with E-state index in [4.69, 9.17) is 11.6 Å². The number of hydrogen-bond donors (Lipinski definition) is 1. The van der Waals surface area contributed by atoms with E-state index < -0.39 is 47.5 Å². The first-order valence-electron chi connectivity index (χ1n) is 12.3. The summed E-state index contributed by atoms with van der Waals surface area (Å²) in [5, 5.41) is 7.24. The van der Waals surface area contributed by atoms with Crippen molar-refractivity contribution in [1.82, 2.24) is 19.7 Å². The smallest absolute Gasteiger partial charge is 0.405 e. The Labute approximate surface area is 240 Å². The van der Waals surface area contributed by atoms with Crippen LogP contribution in [0.3, 0.4) is 0 Å². The lowest BCUT2D eigenvalue weighted by atomic mass is 9.92. The number of aromatic nitrogens is 3. The van der Waals surface area contributed by atoms with Crippen LogP contribution < -0.4 is 15.7 Å². The minimum absolute atomic E-state index is 0.0156. The summed E-state index contributed by atoms with van der Waals surface area (Å²) >= 11 is 5.97. The molecule has 0 aliphatic rings. The molecule has 7 nitrogen and oxygen atoms in total. The molecule has 0 unspecified atom stereocenters. The van der Waals surface area contributed by atoms with Crippen molar-refractivity contribution in [3.8, 4) is 17.1 Å². The summed E-state index contributed by atoms with van der Waals surface area (Å²) < 4.78 is 84.6. The number of carbonyl (C=O) groups excluding carboxylic acids is 1. The van der Waals surface area contributed by atoms with Gasteiger partial charge in [0.25, 0.3) is 0 Å². The van der Waals surface area contributed by atoms with E-state index in [1.807, 2.05) is 0 Å². The van der Waals surface area contributed by atoms with Crippen LogP contribution in [0.15, 0.2) is 77.6 Å². The number of nitrogens with one attached hydrogen (secondary N) is 1. The standard InChI is InChI=1S/C28H23ClF6N4O3/c1-26(2,19-7-5-8-20(14-19)27(30,31)32)36-23(40)16-39-25(41)38(24(37-39)17-10-12-21(29)13-11-17)15-18-6-3-4-9-22(18)42-28(33,34)35/h3-14H,15-16H2,1-2H3,(H,36,40). The van der Waals surface area contributed by atoms with Crippen molar-refractivity contribution in [2.75, 3.05) is 0 Å². The molecule has 3 aromatic carbocycles. The number of ether oxygens (including phenoxy) is 1. The Hall–Kier alpha value is -4.26. The molecule has 0 bridgehead atoms. The van der Waals surface area contributed by atoms with Gasteiger partial charge in [-0.1, -0.05) is 41.9 Å². The van der Waals surface area contributed by atoms with E-state index in [1.165, 1.54) is 56.3 Å². The zero-order valence-corrected chi connectivity index (χ0v) is 22.8. The van der Waals surface area contributed by atoms with Gasteiger partial charge in [0.2, 0.25) is 5.91 Å². The number of rotatable bonds is 8. The number of carbonyl (C=O) groups is 1. The first-order valence-corrected chi connectivity index (χ1v) is 12.7. The maximum Gasteiger partial charge on any atom is 0.573 e. The lowest BCUT2D eigenvalue weighted by Gasteiger charge is -2.27. The Morgan fingerprint density at radius 1 is 0.929 bits per heavy atom. The second kappa shape index (κ2) is 11.6. The number of alkyl halides is 6. The molecule has 42 heavy (non-hydrogen) atoms. The van der Waals surface area contributed by atoms with E-state index in [9.17, 15) is 35.9 Å². The molecular weight excluding hydrogens is 590 g/mol. The molecule has 4 aromatic rings. The molecule has 4 rings (SSSR count). The first kappa shape index (κ1) is 30.7. The van der Waals surface area contributed by atoms with E-state index in [1.54, 1.807) is 12.1 Å². The van der Waals surface area contributed by atoms with Crippen LogP contribution in [0, 0.1) is 0 Å². The van der Waals surface area contributed by atoms with Gasteiger partial charge in [-0.3, -0.25) is 9.36 Å². The average Bonchev–Trinajstić information content (AvgIpc) is 3.18. The third-order valence-corrected chi connectivity index (χ3v) is 6.46. The minimum atomic E-state index is -4.98. The van der Waals surface area contributed by atoms with Gasteiger partial charge < -0.3 is 10.1 Å². The largest absolute Gasteiger partial charge is 0.573 e. The quantitative estimate of drug-likeness (QED) is 0.234. The fraction of sp³-hybridized carbons (Fsp3) is 0.250. The molecule has 14 heteroatoms. The van der Waals surface area contributed by atoms with Crippen molar-refractivity contribution in [2.24, 2.45) is 0 Å². The summed E-state index contributed by atoms with van der Waals surface area (Å²) in [4.78, 5) is 26.4. The van der Waals surface area contributed by atoms with Crippen molar-refractivity contribution in [3.05, 3.63) is 105 Å². The van der Waals surface area contributed by atoms with Gasteiger partial charge >= 0.3 is 18.2 Å². The Morgan fingerprint density at radius 2 is 1.57 bits per heavy atom. The normalized spacial score (nSPS) is 12.3. The molecule has 1 aromatic heterocycles. The van der Waals surface area contributed by atoms with Gasteiger partial charge in [-0.25, -0.2) is 9.48 Å². The fourth-order valence-corrected chi connectivity index (χ4v) is 4.33. The van der Waals surface area contributed by atoms with Crippen LogP contribution >= 0.6 is 11.6 Å². The summed E-state index contributed by atoms with van der Waals surface area (Å²) in [7, 11) is 0. The zero-order chi connectivity index (χ0) is 30.9. The molecule has 0 atom stereocenters. The van der Waals surface area contributed by atoms with Gasteiger partial charge in [0, 0.05) is 16.1 Å². The van der Waals surface area contributed by atoms with Gasteiger partial charge in [-0.15, -0.1) is 18.3 Å². The Morgan fingerprint density at radius 3 is 2.21 bits per heavy atom. The highest BCUT2D eigenvalue weighted by Crippen LogP contribution is 2.32. The number of hydrogen-bond acceptors (Lipinski definition) is 4. The number of para-hydroxylation sites is 1. The Kier molecular flexibility index (Phi) is 8.44. The van der Waals surface area contributed by atoms with E-state index in [0.717, 1.165) is 27.4 Å². The van der Waals surface area contributed by atoms with Crippen molar-refractivity contribution >= 4 is 17.5 Å². The third-order valence-electron chi connectivity index (χ3n) is 6.21. The fourth-order valence-electron chi connectivity index (χ4n) is 4.21. The number of benzene rings is 3. The minimum Gasteiger partial charge on any atom is -0.405 e. The first-order chi connectivity index (χ1) is 19.5. The van der Waals surface area contributed by atoms with Crippen LogP contribution in [0.4, 0.5) is 26.3 Å². The average molecular weight is 613 g/mol. The number of nitrogens with zero attached hydrogens (tertiary/aromatic N) is 3. The molecule has 1 N–H and O–H groups in total. The highest BCUT2D eigenvalue weighted by atomic mass is 35.5. The lowest BCUT2D eigenvalue weighted by Crippen LogP contribution is -2.44. The summed E-state index contributed by atoms with van der Waals surface area (Å²) in [5.74, 6) is -1.23.